The van der Waals surface area contributed by atoms with Crippen LogP contribution in [0.5, 0.6) is 0 Å². The van der Waals surface area contributed by atoms with Gasteiger partial charge < -0.3 is 11.5 Å². The van der Waals surface area contributed by atoms with Crippen molar-refractivity contribution in [2.75, 3.05) is 5.43 Å². The molecule has 3 rings (SSSR count). The first-order valence-electron chi connectivity index (χ1n) is 7.56. The lowest BCUT2D eigenvalue weighted by Gasteiger charge is -1.94. The first-order valence-corrected chi connectivity index (χ1v) is 10.1. The molecule has 0 spiro atoms. The molecular formula is C16H17N7S3. The number of thiazole rings is 1. The average Bonchev–Trinajstić information content (AvgIpc) is 3.33. The number of nitrogens with two attached hydrogens (primary N) is 2. The van der Waals surface area contributed by atoms with E-state index in [9.17, 15) is 0 Å². The van der Waals surface area contributed by atoms with Crippen LogP contribution in [0.15, 0.2) is 44.9 Å². The number of nitrogens with zero attached hydrogens (tertiary/aromatic N) is 4. The van der Waals surface area contributed by atoms with E-state index in [0.29, 0.717) is 10.8 Å². The molecule has 26 heavy (non-hydrogen) atoms. The van der Waals surface area contributed by atoms with Gasteiger partial charge in [0.25, 0.3) is 0 Å². The van der Waals surface area contributed by atoms with E-state index >= 15 is 0 Å². The van der Waals surface area contributed by atoms with Gasteiger partial charge in [0.15, 0.2) is 0 Å². The van der Waals surface area contributed by atoms with Gasteiger partial charge in [-0.2, -0.15) is 10.2 Å². The van der Waals surface area contributed by atoms with Gasteiger partial charge in [-0.25, -0.2) is 4.98 Å². The Morgan fingerprint density at radius 2 is 2.00 bits per heavy atom. The van der Waals surface area contributed by atoms with E-state index in [1.165, 1.54) is 21.1 Å². The van der Waals surface area contributed by atoms with E-state index in [4.69, 9.17) is 11.5 Å². The Balaban J connectivity index is 1.67. The highest BCUT2D eigenvalue weighted by Gasteiger charge is 2.10. The van der Waals surface area contributed by atoms with Crippen molar-refractivity contribution < 1.29 is 0 Å². The zero-order valence-electron chi connectivity index (χ0n) is 14.1. The fraction of sp³-hybridized carbons (Fsp3) is 0.125. The van der Waals surface area contributed by atoms with Crippen molar-refractivity contribution in [3.63, 3.8) is 0 Å². The highest BCUT2D eigenvalue weighted by atomic mass is 32.1. The van der Waals surface area contributed by atoms with Crippen molar-refractivity contribution in [1.29, 1.82) is 0 Å². The van der Waals surface area contributed by atoms with Crippen LogP contribution >= 0.6 is 34.0 Å². The van der Waals surface area contributed by atoms with Gasteiger partial charge in [0, 0.05) is 14.6 Å². The smallest absolute Gasteiger partial charge is 0.211 e. The number of rotatable bonds is 6. The lowest BCUT2D eigenvalue weighted by atomic mass is 10.3. The lowest BCUT2D eigenvalue weighted by molar-refractivity contribution is 1.18. The lowest BCUT2D eigenvalue weighted by Crippen LogP contribution is -2.22. The maximum absolute atomic E-state index is 5.29. The fourth-order valence-corrected chi connectivity index (χ4v) is 4.65. The number of aromatic nitrogens is 1. The summed E-state index contributed by atoms with van der Waals surface area (Å²) in [5.74, 6) is -0.0765. The average molecular weight is 404 g/mol. The maximum atomic E-state index is 5.29. The molecule has 10 heteroatoms. The Bertz CT molecular complexity index is 960. The molecule has 0 saturated carbocycles. The first-order chi connectivity index (χ1) is 12.5. The van der Waals surface area contributed by atoms with Crippen molar-refractivity contribution in [2.24, 2.45) is 26.8 Å². The summed E-state index contributed by atoms with van der Waals surface area (Å²) in [5, 5.41) is 14.7. The van der Waals surface area contributed by atoms with Crippen LogP contribution in [-0.4, -0.2) is 22.9 Å². The highest BCUT2D eigenvalue weighted by Crippen LogP contribution is 2.30. The quantitative estimate of drug-likeness (QED) is 0.331. The topological polar surface area (TPSA) is 114 Å². The molecular weight excluding hydrogens is 386 g/mol. The summed E-state index contributed by atoms with van der Waals surface area (Å²) in [6.45, 7) is 3.74. The van der Waals surface area contributed by atoms with E-state index in [2.05, 4.69) is 55.4 Å². The second kappa shape index (κ2) is 8.21. The van der Waals surface area contributed by atoms with Gasteiger partial charge in [-0.1, -0.05) is 17.4 Å². The summed E-state index contributed by atoms with van der Waals surface area (Å²) in [7, 11) is 0. The summed E-state index contributed by atoms with van der Waals surface area (Å²) in [6, 6.07) is 8.32. The number of hydrazone groups is 1. The van der Waals surface area contributed by atoms with Crippen LogP contribution in [0, 0.1) is 6.92 Å². The van der Waals surface area contributed by atoms with Crippen molar-refractivity contribution in [2.45, 2.75) is 13.8 Å². The number of aryl methyl sites for hydroxylation is 1. The van der Waals surface area contributed by atoms with Crippen LogP contribution in [0.3, 0.4) is 0 Å². The molecule has 0 fully saturated rings. The standard InChI is InChI=1S/C16H17N7S3/c1-9-14(10(2)21-22-15(17)18)26-16(20-9)23-19-8-11-5-6-13(25-11)12-4-3-7-24-12/h3-8H,1-2H3,(H,20,23)(H4,17,18,22)/b19-8+,21-10+. The third kappa shape index (κ3) is 4.54. The normalized spacial score (nSPS) is 11.8. The predicted octanol–water partition coefficient (Wildman–Crippen LogP) is 3.68. The van der Waals surface area contributed by atoms with Crippen LogP contribution < -0.4 is 16.9 Å². The molecule has 3 heterocycles. The number of hydrogen-bond donors (Lipinski definition) is 3. The van der Waals surface area contributed by atoms with Gasteiger partial charge in [0.2, 0.25) is 11.1 Å². The number of nitrogens with one attached hydrogen (secondary N) is 1. The molecule has 3 aromatic rings. The fourth-order valence-electron chi connectivity index (χ4n) is 2.08. The van der Waals surface area contributed by atoms with E-state index in [1.54, 1.807) is 28.9 Å². The number of guanidine groups is 1. The minimum atomic E-state index is -0.0765. The minimum Gasteiger partial charge on any atom is -0.369 e. The van der Waals surface area contributed by atoms with Crippen molar-refractivity contribution in [3.05, 3.63) is 45.1 Å². The monoisotopic (exact) mass is 403 g/mol. The van der Waals surface area contributed by atoms with E-state index in [-0.39, 0.29) is 5.96 Å². The molecule has 0 bridgehead atoms. The summed E-state index contributed by atoms with van der Waals surface area (Å²) >= 11 is 4.87. The summed E-state index contributed by atoms with van der Waals surface area (Å²) in [5.41, 5.74) is 15.1. The van der Waals surface area contributed by atoms with Crippen LogP contribution in [0.1, 0.15) is 22.4 Å². The molecule has 0 amide bonds. The van der Waals surface area contributed by atoms with Crippen LogP contribution in [0.4, 0.5) is 5.13 Å². The molecule has 0 aliphatic rings. The molecule has 0 radical (unpaired) electrons. The predicted molar refractivity (Wildman–Crippen MR) is 114 cm³/mol. The van der Waals surface area contributed by atoms with Crippen molar-refractivity contribution >= 4 is 57.0 Å². The van der Waals surface area contributed by atoms with Crippen molar-refractivity contribution in [1.82, 2.24) is 4.98 Å². The third-order valence-electron chi connectivity index (χ3n) is 3.18. The molecule has 0 unspecified atom stereocenters. The van der Waals surface area contributed by atoms with E-state index in [1.807, 2.05) is 13.8 Å². The Kier molecular flexibility index (Phi) is 5.76. The van der Waals surface area contributed by atoms with Gasteiger partial charge in [-0.3, -0.25) is 5.43 Å². The molecule has 134 valence electrons. The Morgan fingerprint density at radius 1 is 1.15 bits per heavy atom. The van der Waals surface area contributed by atoms with Crippen LogP contribution in [0.2, 0.25) is 0 Å². The highest BCUT2D eigenvalue weighted by molar-refractivity contribution is 7.22. The van der Waals surface area contributed by atoms with Crippen molar-refractivity contribution in [3.8, 4) is 9.75 Å². The van der Waals surface area contributed by atoms with Gasteiger partial charge in [-0.15, -0.1) is 27.8 Å². The molecule has 0 aromatic carbocycles. The summed E-state index contributed by atoms with van der Waals surface area (Å²) in [6.07, 6.45) is 1.79. The molecule has 0 aliphatic carbocycles. The zero-order valence-corrected chi connectivity index (χ0v) is 16.6. The molecule has 3 aromatic heterocycles. The Morgan fingerprint density at radius 3 is 2.73 bits per heavy atom. The van der Waals surface area contributed by atoms with Crippen LogP contribution in [0.25, 0.3) is 9.75 Å². The molecule has 7 nitrogen and oxygen atoms in total. The molecule has 0 saturated heterocycles. The van der Waals surface area contributed by atoms with Gasteiger partial charge in [0.05, 0.1) is 22.5 Å². The third-order valence-corrected chi connectivity index (χ3v) is 6.44. The van der Waals surface area contributed by atoms with Gasteiger partial charge in [-0.05, 0) is 37.4 Å². The zero-order chi connectivity index (χ0) is 18.5. The number of thiophene rings is 2. The minimum absolute atomic E-state index is 0.0765. The Labute approximate surface area is 162 Å². The summed E-state index contributed by atoms with van der Waals surface area (Å²) in [4.78, 5) is 8.92. The maximum Gasteiger partial charge on any atom is 0.211 e. The molecule has 5 N–H and O–H groups in total. The number of hydrogen-bond acceptors (Lipinski definition) is 8. The first kappa shape index (κ1) is 18.2. The van der Waals surface area contributed by atoms with Gasteiger partial charge >= 0.3 is 0 Å². The SMILES string of the molecule is C/C(=N\N=C(N)N)c1sc(N/N=C/c2ccc(-c3cccs3)s2)nc1C. The van der Waals surface area contributed by atoms with Gasteiger partial charge in [0.1, 0.15) is 0 Å². The Hall–Kier alpha value is -2.56. The second-order valence-corrected chi connectivity index (χ2v) is 8.26. The largest absolute Gasteiger partial charge is 0.369 e. The summed E-state index contributed by atoms with van der Waals surface area (Å²) < 4.78 is 0. The van der Waals surface area contributed by atoms with E-state index in [0.717, 1.165) is 15.4 Å². The van der Waals surface area contributed by atoms with Crippen LogP contribution in [-0.2, 0) is 0 Å². The molecule has 0 aliphatic heterocycles. The number of anilines is 1. The second-order valence-electron chi connectivity index (χ2n) is 5.19. The molecule has 0 atom stereocenters. The van der Waals surface area contributed by atoms with E-state index < -0.39 is 0 Å².